The summed E-state index contributed by atoms with van der Waals surface area (Å²) < 4.78 is 16.5. The van der Waals surface area contributed by atoms with Crippen molar-refractivity contribution in [3.8, 4) is 23.0 Å². The van der Waals surface area contributed by atoms with Crippen molar-refractivity contribution in [2.45, 2.75) is 6.92 Å². The summed E-state index contributed by atoms with van der Waals surface area (Å²) in [6.07, 6.45) is 1.68. The monoisotopic (exact) mass is 413 g/mol. The average Bonchev–Trinajstić information content (AvgIpc) is 3.24. The van der Waals surface area contributed by atoms with Crippen LogP contribution in [0.25, 0.3) is 22.6 Å². The van der Waals surface area contributed by atoms with Crippen LogP contribution in [0.5, 0.6) is 11.5 Å². The van der Waals surface area contributed by atoms with Crippen molar-refractivity contribution < 1.29 is 18.7 Å². The predicted octanol–water partition coefficient (Wildman–Crippen LogP) is 4.00. The van der Waals surface area contributed by atoms with Gasteiger partial charge in [-0.3, -0.25) is 4.79 Å². The number of methoxy groups -OCH3 is 1. The van der Waals surface area contributed by atoms with Gasteiger partial charge in [0, 0.05) is 12.1 Å². The largest absolute Gasteiger partial charge is 0.493 e. The van der Waals surface area contributed by atoms with Crippen molar-refractivity contribution >= 4 is 28.6 Å². The lowest BCUT2D eigenvalue weighted by Gasteiger charge is -2.11. The van der Waals surface area contributed by atoms with Gasteiger partial charge in [-0.1, -0.05) is 35.9 Å². The fourth-order valence-corrected chi connectivity index (χ4v) is 2.71. The summed E-state index contributed by atoms with van der Waals surface area (Å²) >= 11 is 6.35. The molecule has 0 saturated carbocycles. The van der Waals surface area contributed by atoms with Gasteiger partial charge in [0.15, 0.2) is 18.1 Å². The SMILES string of the molecule is CCNC(=O)COc1ccc(/C=C(\Cl)c2nnc(-c3ccccc3)o2)cc1OC. The number of carbonyl (C=O) groups excluding carboxylic acids is 1. The Morgan fingerprint density at radius 1 is 1.17 bits per heavy atom. The van der Waals surface area contributed by atoms with E-state index in [-0.39, 0.29) is 23.4 Å². The lowest BCUT2D eigenvalue weighted by molar-refractivity contribution is -0.123. The minimum absolute atomic E-state index is 0.0929. The van der Waals surface area contributed by atoms with Gasteiger partial charge in [0.1, 0.15) is 5.03 Å². The zero-order chi connectivity index (χ0) is 20.6. The number of hydrogen-bond donors (Lipinski definition) is 1. The number of halogens is 1. The summed E-state index contributed by atoms with van der Waals surface area (Å²) in [5.41, 5.74) is 1.56. The van der Waals surface area contributed by atoms with Gasteiger partial charge in [-0.2, -0.15) is 0 Å². The van der Waals surface area contributed by atoms with Crippen LogP contribution in [0.2, 0.25) is 0 Å². The van der Waals surface area contributed by atoms with Gasteiger partial charge in [0.05, 0.1) is 7.11 Å². The van der Waals surface area contributed by atoms with Crippen LogP contribution in [0.4, 0.5) is 0 Å². The van der Waals surface area contributed by atoms with Gasteiger partial charge < -0.3 is 19.2 Å². The summed E-state index contributed by atoms with van der Waals surface area (Å²) in [7, 11) is 1.52. The van der Waals surface area contributed by atoms with Crippen LogP contribution in [0.3, 0.4) is 0 Å². The zero-order valence-corrected chi connectivity index (χ0v) is 16.8. The maximum absolute atomic E-state index is 11.6. The first-order valence-corrected chi connectivity index (χ1v) is 9.32. The molecule has 3 rings (SSSR count). The summed E-state index contributed by atoms with van der Waals surface area (Å²) in [4.78, 5) is 11.6. The number of aromatic nitrogens is 2. The molecule has 0 bridgehead atoms. The van der Waals surface area contributed by atoms with Gasteiger partial charge in [0.2, 0.25) is 5.89 Å². The molecular weight excluding hydrogens is 394 g/mol. The minimum Gasteiger partial charge on any atom is -0.493 e. The predicted molar refractivity (Wildman–Crippen MR) is 111 cm³/mol. The Hall–Kier alpha value is -3.32. The zero-order valence-electron chi connectivity index (χ0n) is 16.0. The summed E-state index contributed by atoms with van der Waals surface area (Å²) in [6, 6.07) is 14.7. The second-order valence-electron chi connectivity index (χ2n) is 5.92. The van der Waals surface area contributed by atoms with Gasteiger partial charge in [-0.15, -0.1) is 10.2 Å². The molecule has 1 amide bonds. The number of carbonyl (C=O) groups is 1. The molecule has 29 heavy (non-hydrogen) atoms. The summed E-state index contributed by atoms with van der Waals surface area (Å²) in [6.45, 7) is 2.29. The molecule has 0 aliphatic heterocycles. The van der Waals surface area contributed by atoms with Gasteiger partial charge in [-0.05, 0) is 42.8 Å². The number of ether oxygens (including phenoxy) is 2. The van der Waals surface area contributed by atoms with E-state index in [9.17, 15) is 4.79 Å². The highest BCUT2D eigenvalue weighted by atomic mass is 35.5. The van der Waals surface area contributed by atoms with Crippen LogP contribution in [0.1, 0.15) is 18.4 Å². The van der Waals surface area contributed by atoms with Gasteiger partial charge >= 0.3 is 0 Å². The molecule has 1 heterocycles. The highest BCUT2D eigenvalue weighted by molar-refractivity contribution is 6.50. The first-order chi connectivity index (χ1) is 14.1. The van der Waals surface area contributed by atoms with Crippen molar-refractivity contribution in [1.82, 2.24) is 15.5 Å². The van der Waals surface area contributed by atoms with E-state index in [4.69, 9.17) is 25.5 Å². The van der Waals surface area contributed by atoms with E-state index in [1.165, 1.54) is 7.11 Å². The fourth-order valence-electron chi connectivity index (χ4n) is 2.51. The van der Waals surface area contributed by atoms with Crippen LogP contribution >= 0.6 is 11.6 Å². The Morgan fingerprint density at radius 2 is 1.97 bits per heavy atom. The van der Waals surface area contributed by atoms with Crippen molar-refractivity contribution in [3.63, 3.8) is 0 Å². The second-order valence-corrected chi connectivity index (χ2v) is 6.33. The van der Waals surface area contributed by atoms with E-state index in [0.717, 1.165) is 11.1 Å². The third kappa shape index (κ3) is 5.36. The molecule has 1 N–H and O–H groups in total. The van der Waals surface area contributed by atoms with Crippen LogP contribution in [-0.4, -0.2) is 36.4 Å². The molecule has 0 aliphatic carbocycles. The molecule has 0 spiro atoms. The second kappa shape index (κ2) is 9.75. The molecule has 0 radical (unpaired) electrons. The van der Waals surface area contributed by atoms with E-state index in [2.05, 4.69) is 15.5 Å². The molecule has 0 atom stereocenters. The average molecular weight is 414 g/mol. The first kappa shape index (κ1) is 20.4. The first-order valence-electron chi connectivity index (χ1n) is 8.94. The molecule has 0 aliphatic rings. The molecule has 0 saturated heterocycles. The molecule has 3 aromatic rings. The number of likely N-dealkylation sites (N-methyl/N-ethyl adjacent to an activating group) is 1. The molecule has 8 heteroatoms. The van der Waals surface area contributed by atoms with Crippen LogP contribution < -0.4 is 14.8 Å². The van der Waals surface area contributed by atoms with Crippen LogP contribution in [-0.2, 0) is 4.79 Å². The number of nitrogens with one attached hydrogen (secondary N) is 1. The molecular formula is C21H20ClN3O4. The van der Waals surface area contributed by atoms with Crippen LogP contribution in [0.15, 0.2) is 52.9 Å². The highest BCUT2D eigenvalue weighted by Crippen LogP contribution is 2.31. The van der Waals surface area contributed by atoms with Gasteiger partial charge in [-0.25, -0.2) is 0 Å². The Labute approximate surface area is 173 Å². The number of rotatable bonds is 8. The van der Waals surface area contributed by atoms with Crippen molar-refractivity contribution in [2.75, 3.05) is 20.3 Å². The Balaban J connectivity index is 1.75. The standard InChI is InChI=1S/C21H20ClN3O4/c1-3-23-19(26)13-28-17-10-9-14(12-18(17)27-2)11-16(22)21-25-24-20(29-21)15-7-5-4-6-8-15/h4-12H,3,13H2,1-2H3,(H,23,26)/b16-11-. The van der Waals surface area contributed by atoms with E-state index < -0.39 is 0 Å². The third-order valence-electron chi connectivity index (χ3n) is 3.86. The molecule has 150 valence electrons. The van der Waals surface area contributed by atoms with Crippen molar-refractivity contribution in [3.05, 3.63) is 60.0 Å². The van der Waals surface area contributed by atoms with E-state index in [0.29, 0.717) is 23.9 Å². The maximum Gasteiger partial charge on any atom is 0.259 e. The van der Waals surface area contributed by atoms with E-state index in [1.54, 1.807) is 24.3 Å². The van der Waals surface area contributed by atoms with E-state index >= 15 is 0 Å². The van der Waals surface area contributed by atoms with E-state index in [1.807, 2.05) is 37.3 Å². The fraction of sp³-hybridized carbons (Fsp3) is 0.190. The third-order valence-corrected chi connectivity index (χ3v) is 4.13. The molecule has 0 unspecified atom stereocenters. The minimum atomic E-state index is -0.202. The Bertz CT molecular complexity index is 1000. The smallest absolute Gasteiger partial charge is 0.259 e. The Morgan fingerprint density at radius 3 is 2.69 bits per heavy atom. The topological polar surface area (TPSA) is 86.5 Å². The number of amides is 1. The number of benzene rings is 2. The highest BCUT2D eigenvalue weighted by Gasteiger charge is 2.12. The van der Waals surface area contributed by atoms with Crippen LogP contribution in [0, 0.1) is 0 Å². The Kier molecular flexibility index (Phi) is 6.86. The number of hydrogen-bond acceptors (Lipinski definition) is 6. The summed E-state index contributed by atoms with van der Waals surface area (Å²) in [5.74, 6) is 1.33. The normalized spacial score (nSPS) is 11.2. The van der Waals surface area contributed by atoms with Crippen molar-refractivity contribution in [2.24, 2.45) is 0 Å². The molecule has 1 aromatic heterocycles. The number of nitrogens with zero attached hydrogens (tertiary/aromatic N) is 2. The molecule has 7 nitrogen and oxygen atoms in total. The quantitative estimate of drug-likeness (QED) is 0.600. The lowest BCUT2D eigenvalue weighted by Crippen LogP contribution is -2.28. The van der Waals surface area contributed by atoms with Gasteiger partial charge in [0.25, 0.3) is 11.8 Å². The maximum atomic E-state index is 11.6. The lowest BCUT2D eigenvalue weighted by atomic mass is 10.2. The molecule has 0 fully saturated rings. The summed E-state index contributed by atoms with van der Waals surface area (Å²) in [5, 5.41) is 11.0. The molecule has 2 aromatic carbocycles. The van der Waals surface area contributed by atoms with Crippen molar-refractivity contribution in [1.29, 1.82) is 0 Å².